The Kier molecular flexibility index (Phi) is 7.05. The van der Waals surface area contributed by atoms with Crippen LogP contribution >= 0.6 is 0 Å². The van der Waals surface area contributed by atoms with Crippen molar-refractivity contribution in [3.05, 3.63) is 95.8 Å². The molecule has 6 heteroatoms. The van der Waals surface area contributed by atoms with Gasteiger partial charge in [-0.15, -0.1) is 0 Å². The Hall–Kier alpha value is -3.80. The van der Waals surface area contributed by atoms with Crippen molar-refractivity contribution in [1.29, 1.82) is 0 Å². The number of allylic oxidation sites excluding steroid dienone is 2. The number of rotatable bonds is 9. The Morgan fingerprint density at radius 1 is 1.07 bits per heavy atom. The highest BCUT2D eigenvalue weighted by Gasteiger charge is 2.06. The summed E-state index contributed by atoms with van der Waals surface area (Å²) in [5.41, 5.74) is 1.83. The monoisotopic (exact) mass is 404 g/mol. The van der Waals surface area contributed by atoms with E-state index in [1.54, 1.807) is 24.4 Å². The predicted octanol–water partition coefficient (Wildman–Crippen LogP) is 4.39. The minimum absolute atomic E-state index is 0.229. The number of ether oxygens (including phenoxy) is 1. The van der Waals surface area contributed by atoms with Gasteiger partial charge in [-0.2, -0.15) is 0 Å². The molecule has 3 aromatic rings. The van der Waals surface area contributed by atoms with E-state index in [4.69, 9.17) is 4.74 Å². The fourth-order valence-corrected chi connectivity index (χ4v) is 2.67. The smallest absolute Gasteiger partial charge is 0.163 e. The highest BCUT2D eigenvalue weighted by molar-refractivity contribution is 6.10. The molecule has 2 aromatic heterocycles. The number of hydrogen-bond acceptors (Lipinski definition) is 4. The van der Waals surface area contributed by atoms with Gasteiger partial charge in [-0.05, 0) is 60.7 Å². The predicted molar refractivity (Wildman–Crippen MR) is 113 cm³/mol. The number of ketones is 2. The molecule has 0 amide bonds. The van der Waals surface area contributed by atoms with Gasteiger partial charge in [0.25, 0.3) is 0 Å². The molecule has 0 aliphatic heterocycles. The van der Waals surface area contributed by atoms with Crippen LogP contribution in [0.1, 0.15) is 23.4 Å². The van der Waals surface area contributed by atoms with E-state index in [2.05, 4.69) is 4.98 Å². The number of hydrogen-bond donors (Lipinski definition) is 0. The number of halogens is 1. The van der Waals surface area contributed by atoms with Gasteiger partial charge in [0, 0.05) is 36.8 Å². The molecule has 3 rings (SSSR count). The molecule has 0 radical (unpaired) electrons. The first kappa shape index (κ1) is 20.9. The number of benzene rings is 1. The van der Waals surface area contributed by atoms with E-state index < -0.39 is 11.6 Å². The Morgan fingerprint density at radius 2 is 1.87 bits per heavy atom. The Labute approximate surface area is 174 Å². The van der Waals surface area contributed by atoms with E-state index in [0.717, 1.165) is 11.4 Å². The van der Waals surface area contributed by atoms with E-state index in [-0.39, 0.29) is 24.4 Å². The summed E-state index contributed by atoms with van der Waals surface area (Å²) in [5.74, 6) is -0.869. The van der Waals surface area contributed by atoms with Gasteiger partial charge < -0.3 is 9.30 Å². The lowest BCUT2D eigenvalue weighted by Gasteiger charge is -2.06. The standard InChI is InChI=1S/C24H21FN2O3/c1-27-14-4-6-20(27)9-11-22(29)15-21(28)10-7-18-8-12-23(16-24(18)25)30-17-19-5-2-3-13-26-19/h2-14,16H,15,17H2,1H3/b10-7+,11-9+. The molecule has 0 N–H and O–H groups in total. The zero-order valence-corrected chi connectivity index (χ0v) is 16.5. The Bertz CT molecular complexity index is 1080. The van der Waals surface area contributed by atoms with Crippen LogP contribution in [-0.4, -0.2) is 21.1 Å². The normalized spacial score (nSPS) is 11.3. The SMILES string of the molecule is Cn1cccc1/C=C/C(=O)CC(=O)/C=C/c1ccc(OCc2ccccn2)cc1F. The second kappa shape index (κ2) is 10.1. The van der Waals surface area contributed by atoms with Crippen LogP contribution in [0.25, 0.3) is 12.2 Å². The molecule has 0 unspecified atom stereocenters. The summed E-state index contributed by atoms with van der Waals surface area (Å²) in [4.78, 5) is 28.1. The quantitative estimate of drug-likeness (QED) is 0.392. The van der Waals surface area contributed by atoms with Crippen LogP contribution in [0.4, 0.5) is 4.39 Å². The molecule has 0 spiro atoms. The van der Waals surface area contributed by atoms with E-state index in [1.165, 1.54) is 30.4 Å². The first-order valence-corrected chi connectivity index (χ1v) is 9.36. The van der Waals surface area contributed by atoms with Crippen LogP contribution in [-0.2, 0) is 23.2 Å². The molecule has 0 atom stereocenters. The van der Waals surface area contributed by atoms with Crippen LogP contribution in [0.2, 0.25) is 0 Å². The van der Waals surface area contributed by atoms with E-state index in [9.17, 15) is 14.0 Å². The molecule has 0 saturated heterocycles. The van der Waals surface area contributed by atoms with Crippen LogP contribution in [0, 0.1) is 5.82 Å². The molecule has 0 aliphatic rings. The van der Waals surface area contributed by atoms with E-state index in [1.807, 2.05) is 42.1 Å². The molecule has 0 aliphatic carbocycles. The van der Waals surface area contributed by atoms with Crippen molar-refractivity contribution in [3.63, 3.8) is 0 Å². The summed E-state index contributed by atoms with van der Waals surface area (Å²) < 4.78 is 21.6. The van der Waals surface area contributed by atoms with Gasteiger partial charge in [0.15, 0.2) is 11.6 Å². The summed E-state index contributed by atoms with van der Waals surface area (Å²) in [6.07, 6.45) is 8.84. The van der Waals surface area contributed by atoms with Crippen molar-refractivity contribution in [2.75, 3.05) is 0 Å². The number of nitrogens with zero attached hydrogens (tertiary/aromatic N) is 2. The van der Waals surface area contributed by atoms with Crippen molar-refractivity contribution >= 4 is 23.7 Å². The highest BCUT2D eigenvalue weighted by Crippen LogP contribution is 2.19. The molecule has 2 heterocycles. The molecule has 1 aromatic carbocycles. The lowest BCUT2D eigenvalue weighted by atomic mass is 10.1. The summed E-state index contributed by atoms with van der Waals surface area (Å²) in [5, 5.41) is 0. The second-order valence-corrected chi connectivity index (χ2v) is 6.61. The van der Waals surface area contributed by atoms with Crippen LogP contribution < -0.4 is 4.74 Å². The molecule has 0 fully saturated rings. The molecular weight excluding hydrogens is 383 g/mol. The second-order valence-electron chi connectivity index (χ2n) is 6.61. The summed E-state index contributed by atoms with van der Waals surface area (Å²) in [6, 6.07) is 13.6. The van der Waals surface area contributed by atoms with E-state index >= 15 is 0 Å². The largest absolute Gasteiger partial charge is 0.487 e. The maximum atomic E-state index is 14.3. The van der Waals surface area contributed by atoms with Gasteiger partial charge in [-0.25, -0.2) is 4.39 Å². The van der Waals surface area contributed by atoms with E-state index in [0.29, 0.717) is 5.75 Å². The third-order valence-corrected chi connectivity index (χ3v) is 4.31. The molecule has 0 bridgehead atoms. The average molecular weight is 404 g/mol. The molecule has 5 nitrogen and oxygen atoms in total. The van der Waals surface area contributed by atoms with Gasteiger partial charge >= 0.3 is 0 Å². The first-order chi connectivity index (χ1) is 14.5. The highest BCUT2D eigenvalue weighted by atomic mass is 19.1. The van der Waals surface area contributed by atoms with Crippen molar-refractivity contribution < 1.29 is 18.7 Å². The van der Waals surface area contributed by atoms with Gasteiger partial charge in [-0.1, -0.05) is 6.07 Å². The van der Waals surface area contributed by atoms with Gasteiger partial charge in [0.2, 0.25) is 0 Å². The lowest BCUT2D eigenvalue weighted by molar-refractivity contribution is -0.121. The van der Waals surface area contributed by atoms with Crippen LogP contribution in [0.3, 0.4) is 0 Å². The van der Waals surface area contributed by atoms with Crippen molar-refractivity contribution in [2.24, 2.45) is 7.05 Å². The maximum absolute atomic E-state index is 14.3. The minimum atomic E-state index is -0.521. The molecule has 0 saturated carbocycles. The summed E-state index contributed by atoms with van der Waals surface area (Å²) >= 11 is 0. The average Bonchev–Trinajstić information content (AvgIpc) is 3.15. The number of carbonyl (C=O) groups excluding carboxylic acids is 2. The third kappa shape index (κ3) is 6.10. The molecule has 152 valence electrons. The number of carbonyl (C=O) groups is 2. The van der Waals surface area contributed by atoms with Crippen molar-refractivity contribution in [1.82, 2.24) is 9.55 Å². The number of aromatic nitrogens is 2. The Morgan fingerprint density at radius 3 is 2.53 bits per heavy atom. The van der Waals surface area contributed by atoms with Crippen molar-refractivity contribution in [2.45, 2.75) is 13.0 Å². The first-order valence-electron chi connectivity index (χ1n) is 9.36. The van der Waals surface area contributed by atoms with Crippen LogP contribution in [0.15, 0.2) is 73.1 Å². The van der Waals surface area contributed by atoms with Gasteiger partial charge in [0.1, 0.15) is 18.2 Å². The summed E-state index contributed by atoms with van der Waals surface area (Å²) in [7, 11) is 1.86. The number of aryl methyl sites for hydroxylation is 1. The van der Waals surface area contributed by atoms with Gasteiger partial charge in [-0.3, -0.25) is 14.6 Å². The minimum Gasteiger partial charge on any atom is -0.487 e. The zero-order valence-electron chi connectivity index (χ0n) is 16.5. The maximum Gasteiger partial charge on any atom is 0.163 e. The fraction of sp³-hybridized carbons (Fsp3) is 0.125. The van der Waals surface area contributed by atoms with Gasteiger partial charge in [0.05, 0.1) is 12.1 Å². The number of pyridine rings is 1. The zero-order chi connectivity index (χ0) is 21.3. The fourth-order valence-electron chi connectivity index (χ4n) is 2.67. The summed E-state index contributed by atoms with van der Waals surface area (Å²) in [6.45, 7) is 0.229. The lowest BCUT2D eigenvalue weighted by Crippen LogP contribution is -2.02. The topological polar surface area (TPSA) is 61.2 Å². The molecular formula is C24H21FN2O3. The third-order valence-electron chi connectivity index (χ3n) is 4.31. The molecule has 30 heavy (non-hydrogen) atoms. The van der Waals surface area contributed by atoms with Crippen molar-refractivity contribution in [3.8, 4) is 5.75 Å². The Balaban J connectivity index is 1.53. The van der Waals surface area contributed by atoms with Crippen LogP contribution in [0.5, 0.6) is 5.75 Å².